The third-order valence-electron chi connectivity index (χ3n) is 3.19. The van der Waals surface area contributed by atoms with Crippen molar-refractivity contribution in [3.05, 3.63) is 64.7 Å². The van der Waals surface area contributed by atoms with Gasteiger partial charge < -0.3 is 4.74 Å². The van der Waals surface area contributed by atoms with Crippen LogP contribution in [0.1, 0.15) is 17.0 Å². The summed E-state index contributed by atoms with van der Waals surface area (Å²) in [5.41, 5.74) is 2.24. The summed E-state index contributed by atoms with van der Waals surface area (Å²) in [6.45, 7) is 0. The van der Waals surface area contributed by atoms with E-state index in [1.54, 1.807) is 7.11 Å². The molecular weight excluding hydrogens is 279 g/mol. The lowest BCUT2D eigenvalue weighted by Crippen LogP contribution is -2.06. The van der Waals surface area contributed by atoms with Crippen LogP contribution in [0.3, 0.4) is 0 Å². The lowest BCUT2D eigenvalue weighted by Gasteiger charge is -2.17. The van der Waals surface area contributed by atoms with Gasteiger partial charge in [0.05, 0.1) is 7.11 Å². The molecule has 0 aliphatic rings. The van der Waals surface area contributed by atoms with Crippen LogP contribution in [0.4, 0.5) is 0 Å². The fraction of sp³-hybridized carbons (Fsp3) is 0.250. The Morgan fingerprint density at radius 2 is 1.74 bits per heavy atom. The third kappa shape index (κ3) is 3.43. The van der Waals surface area contributed by atoms with Crippen LogP contribution in [0.25, 0.3) is 0 Å². The monoisotopic (exact) mass is 294 g/mol. The molecule has 2 aromatic carbocycles. The van der Waals surface area contributed by atoms with Crippen LogP contribution in [-0.2, 0) is 6.42 Å². The Labute approximate surface area is 124 Å². The van der Waals surface area contributed by atoms with Crippen molar-refractivity contribution in [1.82, 2.24) is 0 Å². The molecule has 0 fully saturated rings. The number of rotatable bonds is 5. The number of para-hydroxylation sites is 1. The maximum atomic E-state index is 6.25. The zero-order valence-corrected chi connectivity index (χ0v) is 12.3. The van der Waals surface area contributed by atoms with Crippen LogP contribution in [0.2, 0.25) is 5.02 Å². The molecule has 0 saturated heterocycles. The molecule has 1 nitrogen and oxygen atoms in total. The topological polar surface area (TPSA) is 9.23 Å². The molecule has 2 aromatic rings. The Kier molecular flexibility index (Phi) is 5.12. The number of ether oxygens (including phenoxy) is 1. The first-order valence-electron chi connectivity index (χ1n) is 6.18. The SMILES string of the molecule is COc1ccccc1CC(CCl)c1ccccc1Cl. The molecule has 0 radical (unpaired) electrons. The average Bonchev–Trinajstić information content (AvgIpc) is 2.46. The number of hydrogen-bond acceptors (Lipinski definition) is 1. The summed E-state index contributed by atoms with van der Waals surface area (Å²) in [4.78, 5) is 0. The quantitative estimate of drug-likeness (QED) is 0.712. The number of halogens is 2. The fourth-order valence-corrected chi connectivity index (χ4v) is 2.76. The maximum absolute atomic E-state index is 6.25. The smallest absolute Gasteiger partial charge is 0.122 e. The molecule has 0 bridgehead atoms. The summed E-state index contributed by atoms with van der Waals surface area (Å²) in [5.74, 6) is 1.61. The first-order chi connectivity index (χ1) is 9.26. The molecule has 0 heterocycles. The summed E-state index contributed by atoms with van der Waals surface area (Å²) < 4.78 is 5.38. The maximum Gasteiger partial charge on any atom is 0.122 e. The molecule has 0 saturated carbocycles. The molecule has 0 spiro atoms. The summed E-state index contributed by atoms with van der Waals surface area (Å²) >= 11 is 12.4. The van der Waals surface area contributed by atoms with Gasteiger partial charge in [-0.05, 0) is 29.7 Å². The minimum Gasteiger partial charge on any atom is -0.496 e. The van der Waals surface area contributed by atoms with E-state index < -0.39 is 0 Å². The number of hydrogen-bond donors (Lipinski definition) is 0. The van der Waals surface area contributed by atoms with Crippen LogP contribution in [0.15, 0.2) is 48.5 Å². The predicted molar refractivity (Wildman–Crippen MR) is 81.6 cm³/mol. The molecular formula is C16H16Cl2O. The molecule has 1 atom stereocenters. The van der Waals surface area contributed by atoms with Gasteiger partial charge in [0.15, 0.2) is 0 Å². The average molecular weight is 295 g/mol. The number of methoxy groups -OCH3 is 1. The van der Waals surface area contributed by atoms with E-state index in [0.717, 1.165) is 28.3 Å². The van der Waals surface area contributed by atoms with Crippen LogP contribution in [0, 0.1) is 0 Å². The van der Waals surface area contributed by atoms with E-state index in [9.17, 15) is 0 Å². The van der Waals surface area contributed by atoms with Gasteiger partial charge in [0.25, 0.3) is 0 Å². The van der Waals surface area contributed by atoms with E-state index in [0.29, 0.717) is 5.88 Å². The van der Waals surface area contributed by atoms with Gasteiger partial charge in [-0.3, -0.25) is 0 Å². The molecule has 3 heteroatoms. The van der Waals surface area contributed by atoms with Crippen molar-refractivity contribution in [2.45, 2.75) is 12.3 Å². The highest BCUT2D eigenvalue weighted by Crippen LogP contribution is 2.31. The van der Waals surface area contributed by atoms with Gasteiger partial charge in [-0.1, -0.05) is 48.0 Å². The Bertz CT molecular complexity index is 540. The second-order valence-electron chi connectivity index (χ2n) is 4.39. The molecule has 0 N–H and O–H groups in total. The zero-order valence-electron chi connectivity index (χ0n) is 10.8. The first kappa shape index (κ1) is 14.2. The van der Waals surface area contributed by atoms with Crippen LogP contribution in [0.5, 0.6) is 5.75 Å². The number of alkyl halides is 1. The lowest BCUT2D eigenvalue weighted by atomic mass is 9.93. The standard InChI is InChI=1S/C16H16Cl2O/c1-19-16-9-5-2-6-12(16)10-13(11-17)14-7-3-4-8-15(14)18/h2-9,13H,10-11H2,1H3. The Morgan fingerprint density at radius 1 is 1.05 bits per heavy atom. The zero-order chi connectivity index (χ0) is 13.7. The molecule has 0 amide bonds. The highest BCUT2D eigenvalue weighted by Gasteiger charge is 2.16. The van der Waals surface area contributed by atoms with E-state index in [2.05, 4.69) is 6.07 Å². The van der Waals surface area contributed by atoms with Crippen molar-refractivity contribution in [3.63, 3.8) is 0 Å². The highest BCUT2D eigenvalue weighted by molar-refractivity contribution is 6.31. The summed E-state index contributed by atoms with van der Waals surface area (Å²) in [7, 11) is 1.68. The van der Waals surface area contributed by atoms with Crippen molar-refractivity contribution in [3.8, 4) is 5.75 Å². The fourth-order valence-electron chi connectivity index (χ4n) is 2.19. The van der Waals surface area contributed by atoms with E-state index in [-0.39, 0.29) is 5.92 Å². The Hall–Kier alpha value is -1.18. The van der Waals surface area contributed by atoms with E-state index in [1.807, 2.05) is 42.5 Å². The van der Waals surface area contributed by atoms with Gasteiger partial charge in [-0.15, -0.1) is 11.6 Å². The van der Waals surface area contributed by atoms with Crippen LogP contribution < -0.4 is 4.74 Å². The van der Waals surface area contributed by atoms with Gasteiger partial charge in [-0.2, -0.15) is 0 Å². The van der Waals surface area contributed by atoms with Crippen molar-refractivity contribution in [2.24, 2.45) is 0 Å². The summed E-state index contributed by atoms with van der Waals surface area (Å²) in [6, 6.07) is 15.9. The molecule has 0 aromatic heterocycles. The van der Waals surface area contributed by atoms with E-state index in [1.165, 1.54) is 0 Å². The largest absolute Gasteiger partial charge is 0.496 e. The normalized spacial score (nSPS) is 12.2. The van der Waals surface area contributed by atoms with E-state index in [4.69, 9.17) is 27.9 Å². The van der Waals surface area contributed by atoms with Gasteiger partial charge in [0, 0.05) is 16.8 Å². The van der Waals surface area contributed by atoms with Crippen LogP contribution in [-0.4, -0.2) is 13.0 Å². The molecule has 2 rings (SSSR count). The summed E-state index contributed by atoms with van der Waals surface area (Å²) in [5, 5.41) is 0.767. The molecule has 1 unspecified atom stereocenters. The van der Waals surface area contributed by atoms with Crippen LogP contribution >= 0.6 is 23.2 Å². The predicted octanol–water partition coefficient (Wildman–Crippen LogP) is 4.91. The van der Waals surface area contributed by atoms with Crippen molar-refractivity contribution in [1.29, 1.82) is 0 Å². The van der Waals surface area contributed by atoms with E-state index >= 15 is 0 Å². The third-order valence-corrected chi connectivity index (χ3v) is 3.91. The lowest BCUT2D eigenvalue weighted by molar-refractivity contribution is 0.408. The number of benzene rings is 2. The minimum absolute atomic E-state index is 0.187. The van der Waals surface area contributed by atoms with Crippen molar-refractivity contribution >= 4 is 23.2 Å². The second-order valence-corrected chi connectivity index (χ2v) is 5.10. The van der Waals surface area contributed by atoms with Gasteiger partial charge >= 0.3 is 0 Å². The molecule has 0 aliphatic heterocycles. The molecule has 19 heavy (non-hydrogen) atoms. The second kappa shape index (κ2) is 6.83. The highest BCUT2D eigenvalue weighted by atomic mass is 35.5. The van der Waals surface area contributed by atoms with Crippen molar-refractivity contribution < 1.29 is 4.74 Å². The molecule has 0 aliphatic carbocycles. The Balaban J connectivity index is 2.27. The van der Waals surface area contributed by atoms with Crippen molar-refractivity contribution in [2.75, 3.05) is 13.0 Å². The van der Waals surface area contributed by atoms with Gasteiger partial charge in [0.1, 0.15) is 5.75 Å². The summed E-state index contributed by atoms with van der Waals surface area (Å²) in [6.07, 6.45) is 0.817. The van der Waals surface area contributed by atoms with Gasteiger partial charge in [0.2, 0.25) is 0 Å². The van der Waals surface area contributed by atoms with Gasteiger partial charge in [-0.25, -0.2) is 0 Å². The Morgan fingerprint density at radius 3 is 2.42 bits per heavy atom. The molecule has 100 valence electrons. The minimum atomic E-state index is 0.187. The first-order valence-corrected chi connectivity index (χ1v) is 7.09.